The van der Waals surface area contributed by atoms with Gasteiger partial charge >= 0.3 is 0 Å². The zero-order valence-corrected chi connectivity index (χ0v) is 18.0. The standard InChI is InChI=1S/C22H21N5O2S/c1-5-18-20(26-22(30-18)17-8-13(3)29-27-17)15-6-7-19(24-10-15)25-21(28)16-11-23-9-12(2)14(16)4/h6-11H,5H2,1-4H3,(H,24,25,28). The molecule has 1 amide bonds. The number of aryl methyl sites for hydroxylation is 3. The molecule has 0 saturated carbocycles. The van der Waals surface area contributed by atoms with E-state index in [1.807, 2.05) is 32.9 Å². The summed E-state index contributed by atoms with van der Waals surface area (Å²) in [6.45, 7) is 7.79. The molecule has 152 valence electrons. The first-order chi connectivity index (χ1) is 14.5. The summed E-state index contributed by atoms with van der Waals surface area (Å²) >= 11 is 1.60. The van der Waals surface area contributed by atoms with Gasteiger partial charge in [0.25, 0.3) is 5.91 Å². The molecule has 0 aliphatic rings. The molecule has 1 N–H and O–H groups in total. The second-order valence-electron chi connectivity index (χ2n) is 6.98. The van der Waals surface area contributed by atoms with Crippen molar-refractivity contribution in [1.82, 2.24) is 20.1 Å². The molecule has 0 bridgehead atoms. The van der Waals surface area contributed by atoms with Crippen molar-refractivity contribution in [2.24, 2.45) is 0 Å². The maximum absolute atomic E-state index is 12.6. The highest BCUT2D eigenvalue weighted by Crippen LogP contribution is 2.34. The Hall–Kier alpha value is -3.39. The van der Waals surface area contributed by atoms with Crippen LogP contribution < -0.4 is 5.32 Å². The number of nitrogens with one attached hydrogen (secondary N) is 1. The Morgan fingerprint density at radius 1 is 1.17 bits per heavy atom. The lowest BCUT2D eigenvalue weighted by atomic mass is 10.1. The lowest BCUT2D eigenvalue weighted by molar-refractivity contribution is 0.102. The van der Waals surface area contributed by atoms with E-state index in [2.05, 4.69) is 27.4 Å². The zero-order valence-electron chi connectivity index (χ0n) is 17.2. The highest BCUT2D eigenvalue weighted by molar-refractivity contribution is 7.15. The first-order valence-electron chi connectivity index (χ1n) is 9.58. The third kappa shape index (κ3) is 3.86. The van der Waals surface area contributed by atoms with Gasteiger partial charge in [0.2, 0.25) is 0 Å². The van der Waals surface area contributed by atoms with E-state index < -0.39 is 0 Å². The lowest BCUT2D eigenvalue weighted by Gasteiger charge is -2.09. The highest BCUT2D eigenvalue weighted by Gasteiger charge is 2.17. The topological polar surface area (TPSA) is 93.8 Å². The second-order valence-corrected chi connectivity index (χ2v) is 8.07. The minimum absolute atomic E-state index is 0.226. The number of pyridine rings is 2. The average molecular weight is 420 g/mol. The van der Waals surface area contributed by atoms with Crippen molar-refractivity contribution in [2.45, 2.75) is 34.1 Å². The minimum Gasteiger partial charge on any atom is -0.361 e. The predicted octanol–water partition coefficient (Wildman–Crippen LogP) is 5.00. The molecule has 0 aliphatic heterocycles. The summed E-state index contributed by atoms with van der Waals surface area (Å²) < 4.78 is 5.17. The number of hydrogen-bond donors (Lipinski definition) is 1. The van der Waals surface area contributed by atoms with Crippen molar-refractivity contribution >= 4 is 23.1 Å². The van der Waals surface area contributed by atoms with Gasteiger partial charge in [0.15, 0.2) is 0 Å². The van der Waals surface area contributed by atoms with Gasteiger partial charge in [0.05, 0.1) is 11.3 Å². The molecule has 30 heavy (non-hydrogen) atoms. The molecule has 4 heterocycles. The molecule has 4 rings (SSSR count). The molecular weight excluding hydrogens is 398 g/mol. The van der Waals surface area contributed by atoms with E-state index in [4.69, 9.17) is 9.51 Å². The van der Waals surface area contributed by atoms with Crippen LogP contribution in [0.4, 0.5) is 5.82 Å². The minimum atomic E-state index is -0.226. The smallest absolute Gasteiger partial charge is 0.258 e. The monoisotopic (exact) mass is 419 g/mol. The fraction of sp³-hybridized carbons (Fsp3) is 0.227. The summed E-state index contributed by atoms with van der Waals surface area (Å²) in [6, 6.07) is 5.57. The summed E-state index contributed by atoms with van der Waals surface area (Å²) in [5.74, 6) is 1.00. The van der Waals surface area contributed by atoms with Crippen molar-refractivity contribution in [3.8, 4) is 22.0 Å². The highest BCUT2D eigenvalue weighted by atomic mass is 32.1. The molecule has 0 aromatic carbocycles. The van der Waals surface area contributed by atoms with Crippen LogP contribution in [0.3, 0.4) is 0 Å². The average Bonchev–Trinajstić information content (AvgIpc) is 3.36. The van der Waals surface area contributed by atoms with Crippen LogP contribution in [0.25, 0.3) is 22.0 Å². The Morgan fingerprint density at radius 3 is 2.67 bits per heavy atom. The Labute approximate surface area is 178 Å². The van der Waals surface area contributed by atoms with Crippen LogP contribution in [0.1, 0.15) is 39.0 Å². The summed E-state index contributed by atoms with van der Waals surface area (Å²) in [6.07, 6.45) is 5.89. The summed E-state index contributed by atoms with van der Waals surface area (Å²) in [5.41, 5.74) is 4.92. The van der Waals surface area contributed by atoms with Crippen molar-refractivity contribution < 1.29 is 9.32 Å². The number of aromatic nitrogens is 4. The Morgan fingerprint density at radius 2 is 2.00 bits per heavy atom. The number of anilines is 1. The van der Waals surface area contributed by atoms with E-state index in [0.717, 1.165) is 50.1 Å². The Balaban J connectivity index is 1.57. The van der Waals surface area contributed by atoms with Gasteiger partial charge in [-0.05, 0) is 50.5 Å². The predicted molar refractivity (Wildman–Crippen MR) is 117 cm³/mol. The third-order valence-electron chi connectivity index (χ3n) is 4.86. The molecule has 0 fully saturated rings. The van der Waals surface area contributed by atoms with Gasteiger partial charge in [-0.25, -0.2) is 9.97 Å². The number of carbonyl (C=O) groups excluding carboxylic acids is 1. The maximum atomic E-state index is 12.6. The molecule has 8 heteroatoms. The molecule has 0 aliphatic carbocycles. The van der Waals surface area contributed by atoms with E-state index in [1.165, 1.54) is 0 Å². The Bertz CT molecular complexity index is 1210. The molecule has 0 atom stereocenters. The van der Waals surface area contributed by atoms with Gasteiger partial charge < -0.3 is 9.84 Å². The van der Waals surface area contributed by atoms with Crippen molar-refractivity contribution in [2.75, 3.05) is 5.32 Å². The molecule has 0 saturated heterocycles. The number of nitrogens with zero attached hydrogens (tertiary/aromatic N) is 4. The first kappa shape index (κ1) is 19.9. The lowest BCUT2D eigenvalue weighted by Crippen LogP contribution is -2.15. The van der Waals surface area contributed by atoms with E-state index in [9.17, 15) is 4.79 Å². The van der Waals surface area contributed by atoms with Crippen LogP contribution in [-0.2, 0) is 6.42 Å². The molecule has 7 nitrogen and oxygen atoms in total. The summed E-state index contributed by atoms with van der Waals surface area (Å²) in [7, 11) is 0. The fourth-order valence-electron chi connectivity index (χ4n) is 3.04. The number of carbonyl (C=O) groups is 1. The van der Waals surface area contributed by atoms with E-state index >= 15 is 0 Å². The number of thiazole rings is 1. The molecule has 0 radical (unpaired) electrons. The van der Waals surface area contributed by atoms with Crippen molar-refractivity contribution in [1.29, 1.82) is 0 Å². The largest absolute Gasteiger partial charge is 0.361 e. The van der Waals surface area contributed by atoms with E-state index in [-0.39, 0.29) is 5.91 Å². The third-order valence-corrected chi connectivity index (χ3v) is 6.08. The molecule has 4 aromatic rings. The van der Waals surface area contributed by atoms with Gasteiger partial charge in [0.1, 0.15) is 22.3 Å². The number of rotatable bonds is 5. The SMILES string of the molecule is CCc1sc(-c2cc(C)on2)nc1-c1ccc(NC(=O)c2cncc(C)c2C)nc1. The van der Waals surface area contributed by atoms with E-state index in [0.29, 0.717) is 11.4 Å². The summed E-state index contributed by atoms with van der Waals surface area (Å²) in [5, 5.41) is 7.72. The van der Waals surface area contributed by atoms with Crippen LogP contribution >= 0.6 is 11.3 Å². The summed E-state index contributed by atoms with van der Waals surface area (Å²) in [4.78, 5) is 27.0. The van der Waals surface area contributed by atoms with Crippen LogP contribution in [0.2, 0.25) is 0 Å². The Kier molecular flexibility index (Phi) is 5.41. The quantitative estimate of drug-likeness (QED) is 0.489. The van der Waals surface area contributed by atoms with Crippen LogP contribution in [0, 0.1) is 20.8 Å². The number of amides is 1. The van der Waals surface area contributed by atoms with Gasteiger partial charge in [-0.15, -0.1) is 11.3 Å². The molecular formula is C22H21N5O2S. The van der Waals surface area contributed by atoms with Crippen LogP contribution in [-0.4, -0.2) is 26.0 Å². The van der Waals surface area contributed by atoms with Gasteiger partial charge in [-0.1, -0.05) is 12.1 Å². The van der Waals surface area contributed by atoms with Crippen LogP contribution in [0.5, 0.6) is 0 Å². The van der Waals surface area contributed by atoms with Gasteiger partial charge in [-0.2, -0.15) is 0 Å². The molecule has 0 spiro atoms. The van der Waals surface area contributed by atoms with Crippen molar-refractivity contribution in [3.05, 3.63) is 64.1 Å². The first-order valence-corrected chi connectivity index (χ1v) is 10.4. The van der Waals surface area contributed by atoms with Gasteiger partial charge in [0, 0.05) is 35.1 Å². The normalized spacial score (nSPS) is 10.9. The number of hydrogen-bond acceptors (Lipinski definition) is 7. The van der Waals surface area contributed by atoms with Crippen molar-refractivity contribution in [3.63, 3.8) is 0 Å². The fourth-order valence-corrected chi connectivity index (χ4v) is 4.02. The van der Waals surface area contributed by atoms with E-state index in [1.54, 1.807) is 36.0 Å². The zero-order chi connectivity index (χ0) is 21.3. The maximum Gasteiger partial charge on any atom is 0.258 e. The second kappa shape index (κ2) is 8.16. The molecule has 0 unspecified atom stereocenters. The molecule has 4 aromatic heterocycles. The van der Waals surface area contributed by atoms with Crippen LogP contribution in [0.15, 0.2) is 41.3 Å². The van der Waals surface area contributed by atoms with Gasteiger partial charge in [-0.3, -0.25) is 9.78 Å².